The maximum Gasteiger partial charge on any atom is 0.238 e. The SMILES string of the molecule is COc1ccc2c(c1O)OC1(CCCC1)[C@H]1[C@H]3C(=O)N(c4ccccc4)C(=O)[C@H]3CC[C@@H]21. The fourth-order valence-corrected chi connectivity index (χ4v) is 6.93. The summed E-state index contributed by atoms with van der Waals surface area (Å²) in [5.41, 5.74) is 1.05. The van der Waals surface area contributed by atoms with E-state index >= 15 is 0 Å². The van der Waals surface area contributed by atoms with Crippen LogP contribution < -0.4 is 14.4 Å². The summed E-state index contributed by atoms with van der Waals surface area (Å²) in [6.07, 6.45) is 5.18. The largest absolute Gasteiger partial charge is 0.502 e. The molecule has 1 saturated heterocycles. The summed E-state index contributed by atoms with van der Waals surface area (Å²) in [6, 6.07) is 13.0. The molecule has 2 saturated carbocycles. The number of amides is 2. The lowest BCUT2D eigenvalue weighted by Crippen LogP contribution is -2.54. The molecule has 0 unspecified atom stereocenters. The second kappa shape index (κ2) is 6.99. The first-order chi connectivity index (χ1) is 15.6. The average Bonchev–Trinajstić information content (AvgIpc) is 3.38. The Bertz CT molecular complexity index is 1090. The number of hydrogen-bond acceptors (Lipinski definition) is 5. The van der Waals surface area contributed by atoms with Gasteiger partial charge in [-0.25, -0.2) is 0 Å². The van der Waals surface area contributed by atoms with E-state index in [0.717, 1.165) is 37.7 Å². The fourth-order valence-electron chi connectivity index (χ4n) is 6.93. The van der Waals surface area contributed by atoms with Crippen LogP contribution in [0.2, 0.25) is 0 Å². The lowest BCUT2D eigenvalue weighted by atomic mass is 9.57. The second-order valence-electron chi connectivity index (χ2n) is 9.60. The topological polar surface area (TPSA) is 76.1 Å². The molecule has 166 valence electrons. The van der Waals surface area contributed by atoms with E-state index in [4.69, 9.17) is 9.47 Å². The summed E-state index contributed by atoms with van der Waals surface area (Å²) in [5.74, 6) is 0.0516. The molecule has 4 aliphatic rings. The molecule has 0 bridgehead atoms. The normalized spacial score (nSPS) is 30.0. The predicted octanol–water partition coefficient (Wildman–Crippen LogP) is 4.41. The van der Waals surface area contributed by atoms with Crippen molar-refractivity contribution in [3.63, 3.8) is 0 Å². The van der Waals surface area contributed by atoms with Crippen LogP contribution in [0.3, 0.4) is 0 Å². The molecule has 2 amide bonds. The van der Waals surface area contributed by atoms with Crippen LogP contribution in [0.1, 0.15) is 50.0 Å². The van der Waals surface area contributed by atoms with Gasteiger partial charge in [-0.1, -0.05) is 24.3 Å². The molecule has 0 aromatic heterocycles. The molecule has 2 aliphatic carbocycles. The molecule has 6 rings (SSSR count). The summed E-state index contributed by atoms with van der Waals surface area (Å²) in [4.78, 5) is 28.6. The van der Waals surface area contributed by atoms with Gasteiger partial charge in [0.2, 0.25) is 17.6 Å². The molecular formula is C26H27NO5. The lowest BCUT2D eigenvalue weighted by molar-refractivity contribution is -0.133. The van der Waals surface area contributed by atoms with Gasteiger partial charge in [0, 0.05) is 11.5 Å². The second-order valence-corrected chi connectivity index (χ2v) is 9.60. The van der Waals surface area contributed by atoms with Gasteiger partial charge >= 0.3 is 0 Å². The van der Waals surface area contributed by atoms with Crippen LogP contribution in [-0.4, -0.2) is 29.6 Å². The minimum Gasteiger partial charge on any atom is -0.502 e. The highest BCUT2D eigenvalue weighted by atomic mass is 16.5. The quantitative estimate of drug-likeness (QED) is 0.711. The molecule has 0 radical (unpaired) electrons. The minimum absolute atomic E-state index is 0.0385. The van der Waals surface area contributed by atoms with Crippen molar-refractivity contribution in [2.45, 2.75) is 50.0 Å². The zero-order valence-electron chi connectivity index (χ0n) is 18.1. The molecule has 2 heterocycles. The number of anilines is 1. The predicted molar refractivity (Wildman–Crippen MR) is 118 cm³/mol. The van der Waals surface area contributed by atoms with Crippen LogP contribution in [0, 0.1) is 17.8 Å². The lowest BCUT2D eigenvalue weighted by Gasteiger charge is -2.52. The van der Waals surface area contributed by atoms with Crippen LogP contribution in [-0.2, 0) is 9.59 Å². The van der Waals surface area contributed by atoms with Gasteiger partial charge in [0.15, 0.2) is 11.5 Å². The number of ether oxygens (including phenoxy) is 2. The summed E-state index contributed by atoms with van der Waals surface area (Å²) in [5, 5.41) is 10.9. The van der Waals surface area contributed by atoms with Crippen LogP contribution >= 0.6 is 0 Å². The van der Waals surface area contributed by atoms with Crippen molar-refractivity contribution in [3.8, 4) is 17.2 Å². The molecular weight excluding hydrogens is 406 g/mol. The van der Waals surface area contributed by atoms with Crippen molar-refractivity contribution in [2.24, 2.45) is 17.8 Å². The van der Waals surface area contributed by atoms with E-state index in [9.17, 15) is 14.7 Å². The van der Waals surface area contributed by atoms with Crippen molar-refractivity contribution in [2.75, 3.05) is 12.0 Å². The van der Waals surface area contributed by atoms with Crippen LogP contribution in [0.4, 0.5) is 5.69 Å². The molecule has 6 heteroatoms. The highest BCUT2D eigenvalue weighted by molar-refractivity contribution is 6.22. The standard InChI is InChI=1S/C26H27NO5/c1-31-19-12-11-17-16-9-10-18-20(25(30)27(24(18)29)15-7-3-2-4-8-15)21(16)26(13-5-6-14-26)32-23(17)22(19)28/h2-4,7-8,11-12,16,18,20-21,28H,5-6,9-10,13-14H2,1H3/t16-,18-,20-,21+/m0/s1. The molecule has 6 nitrogen and oxygen atoms in total. The number of carbonyl (C=O) groups is 2. The first kappa shape index (κ1) is 19.6. The summed E-state index contributed by atoms with van der Waals surface area (Å²) >= 11 is 0. The number of para-hydroxylation sites is 1. The minimum atomic E-state index is -0.534. The summed E-state index contributed by atoms with van der Waals surface area (Å²) < 4.78 is 12.0. The van der Waals surface area contributed by atoms with Crippen LogP contribution in [0.5, 0.6) is 17.2 Å². The number of benzene rings is 2. The van der Waals surface area contributed by atoms with E-state index in [0.29, 0.717) is 23.6 Å². The third-order valence-electron chi connectivity index (χ3n) is 8.21. The number of nitrogens with zero attached hydrogens (tertiary/aromatic N) is 1. The first-order valence-electron chi connectivity index (χ1n) is 11.6. The molecule has 3 fully saturated rings. The van der Waals surface area contributed by atoms with Gasteiger partial charge in [0.25, 0.3) is 0 Å². The van der Waals surface area contributed by atoms with Crippen molar-refractivity contribution in [1.29, 1.82) is 0 Å². The smallest absolute Gasteiger partial charge is 0.238 e. The number of methoxy groups -OCH3 is 1. The van der Waals surface area contributed by atoms with Gasteiger partial charge < -0.3 is 14.6 Å². The number of rotatable bonds is 2. The van der Waals surface area contributed by atoms with E-state index in [2.05, 4.69) is 0 Å². The van der Waals surface area contributed by atoms with Gasteiger partial charge in [0.05, 0.1) is 24.6 Å². The first-order valence-corrected chi connectivity index (χ1v) is 11.6. The Morgan fingerprint density at radius 1 is 1.00 bits per heavy atom. The van der Waals surface area contributed by atoms with Crippen molar-refractivity contribution in [1.82, 2.24) is 0 Å². The molecule has 1 N–H and O–H groups in total. The Morgan fingerprint density at radius 2 is 1.72 bits per heavy atom. The van der Waals surface area contributed by atoms with Crippen molar-refractivity contribution in [3.05, 3.63) is 48.0 Å². The number of fused-ring (bicyclic) bond motifs is 6. The highest BCUT2D eigenvalue weighted by Crippen LogP contribution is 2.63. The van der Waals surface area contributed by atoms with Gasteiger partial charge in [0.1, 0.15) is 5.60 Å². The summed E-state index contributed by atoms with van der Waals surface area (Å²) in [7, 11) is 1.53. The number of hydrogen-bond donors (Lipinski definition) is 1. The monoisotopic (exact) mass is 433 g/mol. The van der Waals surface area contributed by atoms with E-state index in [1.54, 1.807) is 6.07 Å². The van der Waals surface area contributed by atoms with Crippen LogP contribution in [0.25, 0.3) is 0 Å². The number of carbonyl (C=O) groups excluding carboxylic acids is 2. The molecule has 1 spiro atoms. The Balaban J connectivity index is 1.48. The van der Waals surface area contributed by atoms with E-state index in [1.165, 1.54) is 12.0 Å². The van der Waals surface area contributed by atoms with Gasteiger partial charge in [-0.3, -0.25) is 14.5 Å². The Hall–Kier alpha value is -3.02. The molecule has 2 aromatic carbocycles. The number of imide groups is 1. The van der Waals surface area contributed by atoms with E-state index < -0.39 is 11.5 Å². The van der Waals surface area contributed by atoms with Gasteiger partial charge in [-0.15, -0.1) is 0 Å². The maximum absolute atomic E-state index is 13.8. The van der Waals surface area contributed by atoms with E-state index in [1.807, 2.05) is 36.4 Å². The zero-order valence-corrected chi connectivity index (χ0v) is 18.1. The zero-order chi connectivity index (χ0) is 22.0. The van der Waals surface area contributed by atoms with Crippen molar-refractivity contribution < 1.29 is 24.2 Å². The number of phenolic OH excluding ortho intramolecular Hbond substituents is 1. The Kier molecular flexibility index (Phi) is 4.29. The molecule has 4 atom stereocenters. The summed E-state index contributed by atoms with van der Waals surface area (Å²) in [6.45, 7) is 0. The third kappa shape index (κ3) is 2.52. The number of phenols is 1. The fraction of sp³-hybridized carbons (Fsp3) is 0.462. The highest BCUT2D eigenvalue weighted by Gasteiger charge is 2.64. The molecule has 32 heavy (non-hydrogen) atoms. The van der Waals surface area contributed by atoms with Crippen molar-refractivity contribution >= 4 is 17.5 Å². The van der Waals surface area contributed by atoms with Gasteiger partial charge in [-0.05, 0) is 62.6 Å². The van der Waals surface area contributed by atoms with Crippen LogP contribution in [0.15, 0.2) is 42.5 Å². The molecule has 2 aliphatic heterocycles. The Labute approximate surface area is 187 Å². The van der Waals surface area contributed by atoms with Gasteiger partial charge in [-0.2, -0.15) is 0 Å². The van der Waals surface area contributed by atoms with E-state index in [-0.39, 0.29) is 35.3 Å². The Morgan fingerprint density at radius 3 is 2.44 bits per heavy atom. The average molecular weight is 434 g/mol. The maximum atomic E-state index is 13.8. The number of aromatic hydroxyl groups is 1. The third-order valence-corrected chi connectivity index (χ3v) is 8.21. The molecule has 2 aromatic rings.